The number of hydrogen-bond donors (Lipinski definition) is 1. The lowest BCUT2D eigenvalue weighted by Gasteiger charge is -2.20. The maximum absolute atomic E-state index is 11.9. The van der Waals surface area contributed by atoms with E-state index in [1.165, 1.54) is 4.68 Å². The van der Waals surface area contributed by atoms with Crippen LogP contribution in [-0.2, 0) is 6.54 Å². The van der Waals surface area contributed by atoms with Gasteiger partial charge in [-0.25, -0.2) is 4.68 Å². The lowest BCUT2D eigenvalue weighted by atomic mass is 10.1. The molecule has 18 heavy (non-hydrogen) atoms. The molecule has 1 heterocycles. The first-order valence-corrected chi connectivity index (χ1v) is 6.37. The molecule has 0 aliphatic heterocycles. The average molecular weight is 252 g/mol. The van der Waals surface area contributed by atoms with Crippen LogP contribution in [0.4, 0.5) is 5.69 Å². The molecule has 5 nitrogen and oxygen atoms in total. The fourth-order valence-electron chi connectivity index (χ4n) is 1.52. The molecule has 0 bridgehead atoms. The molecular formula is C13H24N4O. The molecule has 0 fully saturated rings. The molecule has 0 aromatic carbocycles. The first-order chi connectivity index (χ1) is 8.33. The van der Waals surface area contributed by atoms with Crippen molar-refractivity contribution in [3.8, 4) is 0 Å². The maximum Gasteiger partial charge on any atom is 0.268 e. The van der Waals surface area contributed by atoms with E-state index in [4.69, 9.17) is 0 Å². The van der Waals surface area contributed by atoms with E-state index in [1.54, 1.807) is 12.3 Å². The van der Waals surface area contributed by atoms with Crippen molar-refractivity contribution < 1.29 is 0 Å². The number of rotatable bonds is 5. The third-order valence-corrected chi connectivity index (χ3v) is 2.75. The van der Waals surface area contributed by atoms with Gasteiger partial charge >= 0.3 is 0 Å². The van der Waals surface area contributed by atoms with Crippen LogP contribution < -0.4 is 15.8 Å². The van der Waals surface area contributed by atoms with Gasteiger partial charge in [-0.05, 0) is 27.7 Å². The summed E-state index contributed by atoms with van der Waals surface area (Å²) in [5, 5.41) is 7.53. The molecule has 0 aliphatic rings. The van der Waals surface area contributed by atoms with Crippen LogP contribution in [0.15, 0.2) is 17.1 Å². The zero-order chi connectivity index (χ0) is 13.8. The van der Waals surface area contributed by atoms with Gasteiger partial charge in [0.05, 0.1) is 18.4 Å². The van der Waals surface area contributed by atoms with E-state index < -0.39 is 0 Å². The Hall–Kier alpha value is -1.36. The van der Waals surface area contributed by atoms with Gasteiger partial charge in [0.1, 0.15) is 0 Å². The predicted octanol–water partition coefficient (Wildman–Crippen LogP) is 1.09. The SMILES string of the molecule is CCN(C)c1cnn(CCNC(C)(C)C)c(=O)c1. The summed E-state index contributed by atoms with van der Waals surface area (Å²) < 4.78 is 1.49. The van der Waals surface area contributed by atoms with Gasteiger partial charge in [0.25, 0.3) is 5.56 Å². The fraction of sp³-hybridized carbons (Fsp3) is 0.692. The first-order valence-electron chi connectivity index (χ1n) is 6.37. The van der Waals surface area contributed by atoms with Crippen molar-refractivity contribution in [1.29, 1.82) is 0 Å². The smallest absolute Gasteiger partial charge is 0.268 e. The zero-order valence-corrected chi connectivity index (χ0v) is 12.0. The molecule has 0 amide bonds. The minimum absolute atomic E-state index is 0.0523. The second-order valence-corrected chi connectivity index (χ2v) is 5.47. The van der Waals surface area contributed by atoms with Crippen molar-refractivity contribution in [2.24, 2.45) is 0 Å². The molecule has 1 aromatic heterocycles. The van der Waals surface area contributed by atoms with Crippen molar-refractivity contribution in [3.63, 3.8) is 0 Å². The van der Waals surface area contributed by atoms with Crippen molar-refractivity contribution >= 4 is 5.69 Å². The molecule has 0 unspecified atom stereocenters. The van der Waals surface area contributed by atoms with Gasteiger partial charge in [0.15, 0.2) is 0 Å². The van der Waals surface area contributed by atoms with Crippen molar-refractivity contribution in [2.75, 3.05) is 25.0 Å². The van der Waals surface area contributed by atoms with E-state index in [2.05, 4.69) is 31.2 Å². The van der Waals surface area contributed by atoms with Gasteiger partial charge in [-0.1, -0.05) is 0 Å². The van der Waals surface area contributed by atoms with E-state index in [0.717, 1.165) is 18.8 Å². The molecule has 0 spiro atoms. The molecule has 0 aliphatic carbocycles. The van der Waals surface area contributed by atoms with E-state index in [1.807, 2.05) is 18.9 Å². The van der Waals surface area contributed by atoms with Crippen LogP contribution >= 0.6 is 0 Å². The summed E-state index contributed by atoms with van der Waals surface area (Å²) in [5.74, 6) is 0. The summed E-state index contributed by atoms with van der Waals surface area (Å²) >= 11 is 0. The van der Waals surface area contributed by atoms with Crippen LogP contribution in [0.25, 0.3) is 0 Å². The fourth-order valence-corrected chi connectivity index (χ4v) is 1.52. The van der Waals surface area contributed by atoms with Crippen LogP contribution in [0.1, 0.15) is 27.7 Å². The lowest BCUT2D eigenvalue weighted by Crippen LogP contribution is -2.39. The Balaban J connectivity index is 2.66. The van der Waals surface area contributed by atoms with Crippen LogP contribution in [0.3, 0.4) is 0 Å². The second kappa shape index (κ2) is 6.00. The third kappa shape index (κ3) is 4.49. The van der Waals surface area contributed by atoms with Crippen molar-refractivity contribution in [2.45, 2.75) is 39.8 Å². The molecular weight excluding hydrogens is 228 g/mol. The van der Waals surface area contributed by atoms with Gasteiger partial charge in [-0.15, -0.1) is 0 Å². The van der Waals surface area contributed by atoms with Crippen LogP contribution in [0.2, 0.25) is 0 Å². The Labute approximate surface area is 109 Å². The zero-order valence-electron chi connectivity index (χ0n) is 12.0. The Morgan fingerprint density at radius 3 is 2.61 bits per heavy atom. The Bertz CT molecular complexity index is 433. The number of nitrogens with zero attached hydrogens (tertiary/aromatic N) is 3. The predicted molar refractivity (Wildman–Crippen MR) is 75.2 cm³/mol. The molecule has 5 heteroatoms. The highest BCUT2D eigenvalue weighted by molar-refractivity contribution is 5.41. The Kier molecular flexibility index (Phi) is 4.90. The third-order valence-electron chi connectivity index (χ3n) is 2.75. The Morgan fingerprint density at radius 1 is 1.44 bits per heavy atom. The summed E-state index contributed by atoms with van der Waals surface area (Å²) in [6, 6.07) is 1.63. The quantitative estimate of drug-likeness (QED) is 0.852. The standard InChI is InChI=1S/C13H24N4O/c1-6-16(5)11-9-12(18)17(15-10-11)8-7-14-13(2,3)4/h9-10,14H,6-8H2,1-5H3. The minimum Gasteiger partial charge on any atom is -0.373 e. The normalized spacial score (nSPS) is 11.6. The van der Waals surface area contributed by atoms with Crippen LogP contribution in [0.5, 0.6) is 0 Å². The van der Waals surface area contributed by atoms with Gasteiger partial charge < -0.3 is 10.2 Å². The van der Waals surface area contributed by atoms with Gasteiger partial charge in [-0.2, -0.15) is 5.10 Å². The molecule has 1 aromatic rings. The molecule has 102 valence electrons. The van der Waals surface area contributed by atoms with E-state index in [9.17, 15) is 4.79 Å². The minimum atomic E-state index is -0.0523. The van der Waals surface area contributed by atoms with Crippen molar-refractivity contribution in [1.82, 2.24) is 15.1 Å². The highest BCUT2D eigenvalue weighted by Crippen LogP contribution is 2.05. The topological polar surface area (TPSA) is 50.2 Å². The number of hydrogen-bond acceptors (Lipinski definition) is 4. The van der Waals surface area contributed by atoms with E-state index >= 15 is 0 Å². The first kappa shape index (κ1) is 14.7. The van der Waals surface area contributed by atoms with Gasteiger partial charge in [0, 0.05) is 31.7 Å². The maximum atomic E-state index is 11.9. The average Bonchev–Trinajstić information content (AvgIpc) is 2.28. The molecule has 0 saturated heterocycles. The Morgan fingerprint density at radius 2 is 2.11 bits per heavy atom. The summed E-state index contributed by atoms with van der Waals surface area (Å²) in [6.07, 6.45) is 1.74. The molecule has 0 saturated carbocycles. The molecule has 0 atom stereocenters. The van der Waals surface area contributed by atoms with Gasteiger partial charge in [0.2, 0.25) is 0 Å². The van der Waals surface area contributed by atoms with Crippen molar-refractivity contribution in [3.05, 3.63) is 22.6 Å². The van der Waals surface area contributed by atoms with Crippen LogP contribution in [0, 0.1) is 0 Å². The van der Waals surface area contributed by atoms with Crippen LogP contribution in [-0.4, -0.2) is 35.5 Å². The number of anilines is 1. The molecule has 1 N–H and O–H groups in total. The summed E-state index contributed by atoms with van der Waals surface area (Å²) in [7, 11) is 1.95. The van der Waals surface area contributed by atoms with E-state index in [0.29, 0.717) is 6.54 Å². The largest absolute Gasteiger partial charge is 0.373 e. The summed E-state index contributed by atoms with van der Waals surface area (Å²) in [5.41, 5.74) is 0.873. The summed E-state index contributed by atoms with van der Waals surface area (Å²) in [4.78, 5) is 13.9. The number of nitrogens with one attached hydrogen (secondary N) is 1. The second-order valence-electron chi connectivity index (χ2n) is 5.47. The monoisotopic (exact) mass is 252 g/mol. The molecule has 1 rings (SSSR count). The number of aromatic nitrogens is 2. The van der Waals surface area contributed by atoms with Gasteiger partial charge in [-0.3, -0.25) is 4.79 Å². The highest BCUT2D eigenvalue weighted by atomic mass is 16.1. The highest BCUT2D eigenvalue weighted by Gasteiger charge is 2.08. The summed E-state index contributed by atoms with van der Waals surface area (Å²) in [6.45, 7) is 10.5. The lowest BCUT2D eigenvalue weighted by molar-refractivity contribution is 0.401. The molecule has 0 radical (unpaired) electrons. The van der Waals surface area contributed by atoms with E-state index in [-0.39, 0.29) is 11.1 Å².